The second-order valence-electron chi connectivity index (χ2n) is 8.60. The van der Waals surface area contributed by atoms with Gasteiger partial charge in [0.05, 0.1) is 0 Å². The molecule has 0 saturated carbocycles. The Hall–Kier alpha value is -0.270. The molecule has 0 saturated heterocycles. The SMILES string of the molecule is C[Si](C)=[Zr]([CH2]C=O)([CH]1C=CC2=C1CCCC2)[CH]1C=CC2=C1CCCC2. The summed E-state index contributed by atoms with van der Waals surface area (Å²) in [5.41, 5.74) is 6.44. The van der Waals surface area contributed by atoms with Crippen molar-refractivity contribution in [2.75, 3.05) is 0 Å². The predicted octanol–water partition coefficient (Wildman–Crippen LogP) is 6.47. The summed E-state index contributed by atoms with van der Waals surface area (Å²) in [6, 6.07) is 0. The Bertz CT molecular complexity index is 709. The molecule has 1 nitrogen and oxygen atoms in total. The van der Waals surface area contributed by atoms with Gasteiger partial charge in [0.1, 0.15) is 0 Å². The summed E-state index contributed by atoms with van der Waals surface area (Å²) >= 11 is -2.75. The van der Waals surface area contributed by atoms with Gasteiger partial charge in [0.15, 0.2) is 0 Å². The Labute approximate surface area is 157 Å². The van der Waals surface area contributed by atoms with Crippen LogP contribution in [0.25, 0.3) is 0 Å². The van der Waals surface area contributed by atoms with Crippen LogP contribution in [-0.4, -0.2) is 11.7 Å². The molecule has 2 atom stereocenters. The number of allylic oxidation sites excluding steroid dienone is 8. The first kappa shape index (κ1) is 18.1. The molecule has 0 aromatic rings. The van der Waals surface area contributed by atoms with E-state index in [9.17, 15) is 4.79 Å². The van der Waals surface area contributed by atoms with Gasteiger partial charge in [-0.15, -0.1) is 0 Å². The number of hydrogen-bond donors (Lipinski definition) is 0. The van der Waals surface area contributed by atoms with Crippen molar-refractivity contribution in [3.63, 3.8) is 0 Å². The molecule has 0 bridgehead atoms. The van der Waals surface area contributed by atoms with Gasteiger partial charge in [0, 0.05) is 0 Å². The van der Waals surface area contributed by atoms with E-state index in [1.807, 2.05) is 0 Å². The molecule has 4 rings (SSSR count). The fraction of sp³-hybridized carbons (Fsp3) is 0.591. The van der Waals surface area contributed by atoms with Crippen molar-refractivity contribution in [3.05, 3.63) is 46.6 Å². The zero-order chi connectivity index (χ0) is 17.4. The van der Waals surface area contributed by atoms with Crippen molar-refractivity contribution < 1.29 is 23.7 Å². The van der Waals surface area contributed by atoms with Crippen LogP contribution in [0.2, 0.25) is 24.5 Å². The molecule has 2 unspecified atom stereocenters. The summed E-state index contributed by atoms with van der Waals surface area (Å²) in [5.74, 6) is 0. The van der Waals surface area contributed by atoms with Gasteiger partial charge < -0.3 is 0 Å². The summed E-state index contributed by atoms with van der Waals surface area (Å²) in [4.78, 5) is 11.9. The molecule has 0 fully saturated rings. The molecule has 0 aliphatic heterocycles. The molecule has 4 aliphatic rings. The van der Waals surface area contributed by atoms with E-state index in [4.69, 9.17) is 0 Å². The van der Waals surface area contributed by atoms with Crippen LogP contribution in [0.15, 0.2) is 46.6 Å². The Morgan fingerprint density at radius 1 is 0.920 bits per heavy atom. The minimum absolute atomic E-state index is 0.452. The van der Waals surface area contributed by atoms with E-state index < -0.39 is 24.3 Å². The van der Waals surface area contributed by atoms with E-state index in [0.717, 1.165) is 4.13 Å². The first-order valence-electron chi connectivity index (χ1n) is 10.2. The van der Waals surface area contributed by atoms with Crippen molar-refractivity contribution in [1.29, 1.82) is 0 Å². The molecular weight excluding hydrogens is 400 g/mol. The van der Waals surface area contributed by atoms with Crippen LogP contribution in [0, 0.1) is 0 Å². The summed E-state index contributed by atoms with van der Waals surface area (Å²) in [5, 5.41) is 0. The number of rotatable bonds is 4. The molecule has 0 radical (unpaired) electrons. The fourth-order valence-electron chi connectivity index (χ4n) is 6.03. The molecule has 0 aromatic carbocycles. The van der Waals surface area contributed by atoms with Crippen LogP contribution in [0.4, 0.5) is 0 Å². The topological polar surface area (TPSA) is 17.1 Å². The van der Waals surface area contributed by atoms with Crippen molar-refractivity contribution >= 4 is 11.7 Å². The fourth-order valence-corrected chi connectivity index (χ4v) is 33.3. The average Bonchev–Trinajstić information content (AvgIpc) is 3.24. The Morgan fingerprint density at radius 3 is 1.84 bits per heavy atom. The van der Waals surface area contributed by atoms with E-state index >= 15 is 0 Å². The van der Waals surface area contributed by atoms with Crippen molar-refractivity contribution in [1.82, 2.24) is 0 Å². The van der Waals surface area contributed by atoms with E-state index in [0.29, 0.717) is 7.25 Å². The molecule has 25 heavy (non-hydrogen) atoms. The van der Waals surface area contributed by atoms with Gasteiger partial charge in [0.25, 0.3) is 0 Å². The van der Waals surface area contributed by atoms with Crippen LogP contribution < -0.4 is 0 Å². The third kappa shape index (κ3) is 2.94. The van der Waals surface area contributed by atoms with Crippen LogP contribution in [0.1, 0.15) is 51.4 Å². The molecule has 0 N–H and O–H groups in total. The van der Waals surface area contributed by atoms with Crippen molar-refractivity contribution in [2.45, 2.75) is 75.8 Å². The summed E-state index contributed by atoms with van der Waals surface area (Å²) in [6.45, 7) is 5.10. The van der Waals surface area contributed by atoms with Gasteiger partial charge in [0.2, 0.25) is 0 Å². The third-order valence-corrected chi connectivity index (χ3v) is 38.0. The summed E-state index contributed by atoms with van der Waals surface area (Å²) in [7, 11) is 0. The third-order valence-electron chi connectivity index (χ3n) is 7.30. The second-order valence-corrected chi connectivity index (χ2v) is 32.7. The van der Waals surface area contributed by atoms with Gasteiger partial charge in [-0.25, -0.2) is 0 Å². The van der Waals surface area contributed by atoms with E-state index in [1.54, 1.807) is 22.3 Å². The van der Waals surface area contributed by atoms with E-state index in [1.165, 1.54) is 57.7 Å². The van der Waals surface area contributed by atoms with Crippen LogP contribution in [-0.2, 0) is 23.7 Å². The number of carbonyl (C=O) groups excluding carboxylic acids is 1. The second kappa shape index (κ2) is 7.39. The molecule has 0 heterocycles. The maximum absolute atomic E-state index is 11.9. The molecule has 0 aromatic heterocycles. The molecule has 133 valence electrons. The maximum atomic E-state index is 11.9. The van der Waals surface area contributed by atoms with Gasteiger partial charge in [-0.05, 0) is 0 Å². The van der Waals surface area contributed by atoms with Gasteiger partial charge in [-0.3, -0.25) is 0 Å². The Kier molecular flexibility index (Phi) is 5.35. The monoisotopic (exact) mass is 429 g/mol. The van der Waals surface area contributed by atoms with E-state index in [2.05, 4.69) is 37.4 Å². The zero-order valence-corrected chi connectivity index (χ0v) is 19.3. The van der Waals surface area contributed by atoms with Crippen LogP contribution in [0.5, 0.6) is 0 Å². The first-order chi connectivity index (χ1) is 12.2. The quantitative estimate of drug-likeness (QED) is 0.369. The summed E-state index contributed by atoms with van der Waals surface area (Å²) in [6.07, 6.45) is 22.1. The standard InChI is InChI=1S/2C9H11.C2H3O.C2H6Si.Zr/c2*1-2-5-9-7-3-6-8(9)4-1;1-2-3;1-3-2;/h2*3,6-7H,1-2,4-5H2;2H,1H2;1-2H3;. The molecule has 4 aliphatic carbocycles. The molecular formula is C22H31OSiZr. The number of hydrogen-bond acceptors (Lipinski definition) is 1. The number of carbonyl (C=O) groups is 1. The van der Waals surface area contributed by atoms with Gasteiger partial charge >= 0.3 is 158 Å². The number of aldehydes is 1. The first-order valence-corrected chi connectivity index (χ1v) is 21.0. The van der Waals surface area contributed by atoms with Gasteiger partial charge in [-0.2, -0.15) is 0 Å². The van der Waals surface area contributed by atoms with Crippen molar-refractivity contribution in [3.8, 4) is 0 Å². The van der Waals surface area contributed by atoms with Crippen LogP contribution in [0.3, 0.4) is 0 Å². The average molecular weight is 431 g/mol. The van der Waals surface area contributed by atoms with Gasteiger partial charge in [-0.1, -0.05) is 0 Å². The Morgan fingerprint density at radius 2 is 1.40 bits per heavy atom. The molecule has 0 amide bonds. The Balaban J connectivity index is 1.85. The molecule has 3 heteroatoms. The minimum atomic E-state index is -2.75. The summed E-state index contributed by atoms with van der Waals surface area (Å²) < 4.78 is 2.36. The van der Waals surface area contributed by atoms with E-state index in [-0.39, 0.29) is 0 Å². The normalized spacial score (nSPS) is 30.3. The van der Waals surface area contributed by atoms with Crippen LogP contribution >= 0.6 is 0 Å². The van der Waals surface area contributed by atoms with Crippen molar-refractivity contribution in [2.24, 2.45) is 0 Å². The zero-order valence-electron chi connectivity index (χ0n) is 15.8. The predicted molar refractivity (Wildman–Crippen MR) is 105 cm³/mol. The molecule has 0 spiro atoms.